The van der Waals surface area contributed by atoms with Crippen molar-refractivity contribution < 1.29 is 9.90 Å². The van der Waals surface area contributed by atoms with E-state index in [0.29, 0.717) is 25.1 Å². The molecule has 7 heteroatoms. The molecule has 0 saturated carbocycles. The summed E-state index contributed by atoms with van der Waals surface area (Å²) in [5.74, 6) is 1.60. The first-order valence-corrected chi connectivity index (χ1v) is 9.75. The van der Waals surface area contributed by atoms with E-state index in [1.165, 1.54) is 0 Å². The van der Waals surface area contributed by atoms with Crippen LogP contribution in [0, 0.1) is 13.8 Å². The Morgan fingerprint density at radius 3 is 2.62 bits per heavy atom. The van der Waals surface area contributed by atoms with E-state index in [9.17, 15) is 4.79 Å². The van der Waals surface area contributed by atoms with Crippen LogP contribution in [-0.4, -0.2) is 32.5 Å². The molecule has 3 N–H and O–H groups in total. The fraction of sp³-hybridized carbons (Fsp3) is 0.318. The number of aliphatic hydroxyl groups is 1. The monoisotopic (exact) mass is 393 g/mol. The van der Waals surface area contributed by atoms with Crippen LogP contribution in [0.5, 0.6) is 0 Å². The van der Waals surface area contributed by atoms with Crippen molar-refractivity contribution in [2.75, 3.05) is 11.9 Å². The van der Waals surface area contributed by atoms with Crippen molar-refractivity contribution in [1.29, 1.82) is 0 Å². The maximum absolute atomic E-state index is 12.6. The minimum Gasteiger partial charge on any atom is -0.396 e. The Morgan fingerprint density at radius 2 is 1.93 bits per heavy atom. The molecule has 0 saturated heterocycles. The summed E-state index contributed by atoms with van der Waals surface area (Å²) >= 11 is 0. The van der Waals surface area contributed by atoms with Gasteiger partial charge >= 0.3 is 6.03 Å². The molecule has 0 aliphatic heterocycles. The van der Waals surface area contributed by atoms with Gasteiger partial charge in [-0.3, -0.25) is 0 Å². The fourth-order valence-corrected chi connectivity index (χ4v) is 3.26. The van der Waals surface area contributed by atoms with E-state index in [4.69, 9.17) is 5.11 Å². The molecule has 0 spiro atoms. The molecule has 29 heavy (non-hydrogen) atoms. The number of nitrogens with zero attached hydrogens (tertiary/aromatic N) is 3. The average Bonchev–Trinajstić information content (AvgIpc) is 3.02. The molecule has 152 valence electrons. The zero-order chi connectivity index (χ0) is 20.6. The summed E-state index contributed by atoms with van der Waals surface area (Å²) in [6.45, 7) is 4.47. The van der Waals surface area contributed by atoms with Crippen LogP contribution >= 0.6 is 0 Å². The van der Waals surface area contributed by atoms with E-state index < -0.39 is 0 Å². The molecule has 0 aliphatic carbocycles. The lowest BCUT2D eigenvalue weighted by Crippen LogP contribution is -2.32. The number of urea groups is 1. The van der Waals surface area contributed by atoms with Gasteiger partial charge in [0.05, 0.1) is 12.6 Å². The van der Waals surface area contributed by atoms with E-state index in [2.05, 4.69) is 20.7 Å². The van der Waals surface area contributed by atoms with E-state index in [1.54, 1.807) is 0 Å². The molecule has 0 bridgehead atoms. The van der Waals surface area contributed by atoms with Gasteiger partial charge < -0.3 is 15.7 Å². The van der Waals surface area contributed by atoms with Gasteiger partial charge in [0.2, 0.25) is 0 Å². The number of benzene rings is 2. The van der Waals surface area contributed by atoms with Crippen LogP contribution in [0.25, 0.3) is 0 Å². The first-order valence-electron chi connectivity index (χ1n) is 9.75. The van der Waals surface area contributed by atoms with Crippen LogP contribution in [-0.2, 0) is 6.54 Å². The van der Waals surface area contributed by atoms with Gasteiger partial charge in [-0.15, -0.1) is 0 Å². The third-order valence-corrected chi connectivity index (χ3v) is 4.64. The summed E-state index contributed by atoms with van der Waals surface area (Å²) in [5, 5.41) is 19.5. The molecule has 0 fully saturated rings. The lowest BCUT2D eigenvalue weighted by atomic mass is 10.0. The zero-order valence-corrected chi connectivity index (χ0v) is 16.8. The normalized spacial score (nSPS) is 11.8. The minimum atomic E-state index is -0.276. The second-order valence-corrected chi connectivity index (χ2v) is 6.99. The Hall–Kier alpha value is -3.19. The average molecular weight is 393 g/mol. The Labute approximate surface area is 170 Å². The van der Waals surface area contributed by atoms with Gasteiger partial charge in [-0.2, -0.15) is 5.10 Å². The predicted molar refractivity (Wildman–Crippen MR) is 113 cm³/mol. The Morgan fingerprint density at radius 1 is 1.14 bits per heavy atom. The van der Waals surface area contributed by atoms with Crippen LogP contribution in [0.15, 0.2) is 54.6 Å². The highest BCUT2D eigenvalue weighted by Crippen LogP contribution is 2.19. The summed E-state index contributed by atoms with van der Waals surface area (Å²) in [6, 6.07) is 17.0. The molecule has 2 amide bonds. The van der Waals surface area contributed by atoms with Crippen molar-refractivity contribution in [2.45, 2.75) is 39.3 Å². The number of nitrogens with one attached hydrogen (secondary N) is 2. The molecule has 0 aliphatic rings. The number of aryl methyl sites for hydroxylation is 2. The molecule has 0 unspecified atom stereocenters. The smallest absolute Gasteiger partial charge is 0.319 e. The van der Waals surface area contributed by atoms with Crippen molar-refractivity contribution in [3.05, 3.63) is 77.4 Å². The Bertz CT molecular complexity index is 939. The second kappa shape index (κ2) is 9.84. The molecule has 1 heterocycles. The summed E-state index contributed by atoms with van der Waals surface area (Å²) in [5.41, 5.74) is 2.75. The number of aromatic nitrogens is 3. The van der Waals surface area contributed by atoms with Crippen LogP contribution in [0.1, 0.15) is 41.7 Å². The molecule has 3 aromatic rings. The first-order chi connectivity index (χ1) is 14.0. The van der Waals surface area contributed by atoms with Crippen molar-refractivity contribution in [3.8, 4) is 0 Å². The van der Waals surface area contributed by atoms with Crippen LogP contribution in [0.4, 0.5) is 10.5 Å². The molecular weight excluding hydrogens is 366 g/mol. The van der Waals surface area contributed by atoms with E-state index >= 15 is 0 Å². The largest absolute Gasteiger partial charge is 0.396 e. The number of amides is 2. The number of rotatable bonds is 8. The molecule has 3 rings (SSSR count). The Kier molecular flexibility index (Phi) is 6.97. The third-order valence-electron chi connectivity index (χ3n) is 4.64. The van der Waals surface area contributed by atoms with E-state index in [0.717, 1.165) is 22.8 Å². The molecule has 0 radical (unpaired) electrons. The molecule has 1 aromatic heterocycles. The fourth-order valence-electron chi connectivity index (χ4n) is 3.26. The first kappa shape index (κ1) is 20.5. The zero-order valence-electron chi connectivity index (χ0n) is 16.8. The predicted octanol–water partition coefficient (Wildman–Crippen LogP) is 3.58. The van der Waals surface area contributed by atoms with Gasteiger partial charge in [-0.25, -0.2) is 14.5 Å². The summed E-state index contributed by atoms with van der Waals surface area (Å²) < 4.78 is 1.84. The Balaban J connectivity index is 1.65. The highest BCUT2D eigenvalue weighted by atomic mass is 16.3. The summed E-state index contributed by atoms with van der Waals surface area (Å²) in [7, 11) is 0. The maximum Gasteiger partial charge on any atom is 0.319 e. The molecule has 1 atom stereocenters. The molecule has 7 nitrogen and oxygen atoms in total. The van der Waals surface area contributed by atoms with Crippen molar-refractivity contribution in [3.63, 3.8) is 0 Å². The topological polar surface area (TPSA) is 92.1 Å². The van der Waals surface area contributed by atoms with Gasteiger partial charge in [0.1, 0.15) is 11.6 Å². The lowest BCUT2D eigenvalue weighted by Gasteiger charge is -2.19. The number of hydrogen-bond donors (Lipinski definition) is 3. The molecule has 2 aromatic carbocycles. The standard InChI is InChI=1S/C22H27N5O2/c1-16-23-17(2)27(26-16)15-18-8-6-11-20(14-18)24-22(29)25-21(12-7-13-28)19-9-4-3-5-10-19/h3-6,8-11,14,21,28H,7,12-13,15H2,1-2H3,(H2,24,25,29)/t21-/m1/s1. The number of carbonyl (C=O) groups is 1. The highest BCUT2D eigenvalue weighted by Gasteiger charge is 2.14. The van der Waals surface area contributed by atoms with Gasteiger partial charge in [-0.05, 0) is 49.9 Å². The quantitative estimate of drug-likeness (QED) is 0.545. The van der Waals surface area contributed by atoms with Crippen LogP contribution < -0.4 is 10.6 Å². The summed E-state index contributed by atoms with van der Waals surface area (Å²) in [6.07, 6.45) is 1.28. The second-order valence-electron chi connectivity index (χ2n) is 6.99. The number of hydrogen-bond acceptors (Lipinski definition) is 4. The lowest BCUT2D eigenvalue weighted by molar-refractivity contribution is 0.244. The van der Waals surface area contributed by atoms with Gasteiger partial charge in [-0.1, -0.05) is 42.5 Å². The number of anilines is 1. The minimum absolute atomic E-state index is 0.0931. The van der Waals surface area contributed by atoms with Crippen molar-refractivity contribution in [2.24, 2.45) is 0 Å². The van der Waals surface area contributed by atoms with E-state index in [1.807, 2.05) is 73.1 Å². The van der Waals surface area contributed by atoms with Gasteiger partial charge in [0.15, 0.2) is 0 Å². The van der Waals surface area contributed by atoms with Gasteiger partial charge in [0.25, 0.3) is 0 Å². The van der Waals surface area contributed by atoms with Crippen LogP contribution in [0.3, 0.4) is 0 Å². The maximum atomic E-state index is 12.6. The van der Waals surface area contributed by atoms with E-state index in [-0.39, 0.29) is 18.7 Å². The molecular formula is C22H27N5O2. The van der Waals surface area contributed by atoms with Crippen molar-refractivity contribution in [1.82, 2.24) is 20.1 Å². The summed E-state index contributed by atoms with van der Waals surface area (Å²) in [4.78, 5) is 16.9. The van der Waals surface area contributed by atoms with Crippen molar-refractivity contribution >= 4 is 11.7 Å². The van der Waals surface area contributed by atoms with Crippen LogP contribution in [0.2, 0.25) is 0 Å². The number of carbonyl (C=O) groups excluding carboxylic acids is 1. The highest BCUT2D eigenvalue weighted by molar-refractivity contribution is 5.89. The number of aliphatic hydroxyl groups excluding tert-OH is 1. The SMILES string of the molecule is Cc1nc(C)n(Cc2cccc(NC(=O)N[C@H](CCCO)c3ccccc3)c2)n1. The van der Waals surface area contributed by atoms with Gasteiger partial charge in [0, 0.05) is 12.3 Å². The third kappa shape index (κ3) is 5.89.